The SMILES string of the molecule is C=C/C=C\C(=C/C)COc1ccc(F)cc1. The molecule has 2 heteroatoms. The molecular weight excluding hydrogens is 203 g/mol. The van der Waals surface area contributed by atoms with E-state index >= 15 is 0 Å². The Bertz CT molecular complexity index is 388. The molecule has 1 nitrogen and oxygen atoms in total. The van der Waals surface area contributed by atoms with Gasteiger partial charge in [0.15, 0.2) is 0 Å². The molecule has 16 heavy (non-hydrogen) atoms. The maximum Gasteiger partial charge on any atom is 0.123 e. The van der Waals surface area contributed by atoms with Crippen LogP contribution in [0.5, 0.6) is 5.75 Å². The normalized spacial score (nSPS) is 11.8. The second-order valence-corrected chi connectivity index (χ2v) is 3.20. The van der Waals surface area contributed by atoms with Crippen molar-refractivity contribution in [1.29, 1.82) is 0 Å². The van der Waals surface area contributed by atoms with Crippen molar-refractivity contribution in [3.63, 3.8) is 0 Å². The molecule has 0 aromatic heterocycles. The molecule has 0 aliphatic carbocycles. The maximum atomic E-state index is 12.6. The van der Waals surface area contributed by atoms with E-state index in [2.05, 4.69) is 6.58 Å². The predicted octanol–water partition coefficient (Wildman–Crippen LogP) is 3.89. The van der Waals surface area contributed by atoms with Crippen molar-refractivity contribution in [3.8, 4) is 5.75 Å². The number of benzene rings is 1. The molecular formula is C14H15FO. The van der Waals surface area contributed by atoms with Gasteiger partial charge < -0.3 is 4.74 Å². The smallest absolute Gasteiger partial charge is 0.123 e. The quantitative estimate of drug-likeness (QED) is 0.681. The van der Waals surface area contributed by atoms with Gasteiger partial charge in [0.25, 0.3) is 0 Å². The zero-order valence-electron chi connectivity index (χ0n) is 9.32. The summed E-state index contributed by atoms with van der Waals surface area (Å²) in [5, 5.41) is 0. The van der Waals surface area contributed by atoms with E-state index in [4.69, 9.17) is 4.74 Å². The van der Waals surface area contributed by atoms with Crippen LogP contribution in [0.3, 0.4) is 0 Å². The van der Waals surface area contributed by atoms with E-state index in [1.54, 1.807) is 18.2 Å². The lowest BCUT2D eigenvalue weighted by atomic mass is 10.2. The van der Waals surface area contributed by atoms with Gasteiger partial charge in [0.05, 0.1) is 0 Å². The summed E-state index contributed by atoms with van der Waals surface area (Å²) in [4.78, 5) is 0. The summed E-state index contributed by atoms with van der Waals surface area (Å²) in [6.07, 6.45) is 7.45. The van der Waals surface area contributed by atoms with Gasteiger partial charge >= 0.3 is 0 Å². The minimum absolute atomic E-state index is 0.259. The number of ether oxygens (including phenoxy) is 1. The van der Waals surface area contributed by atoms with E-state index in [1.807, 2.05) is 25.2 Å². The molecule has 0 aliphatic rings. The third-order valence-corrected chi connectivity index (χ3v) is 2.04. The van der Waals surface area contributed by atoms with Crippen molar-refractivity contribution < 1.29 is 9.13 Å². The van der Waals surface area contributed by atoms with Crippen LogP contribution in [-0.4, -0.2) is 6.61 Å². The highest BCUT2D eigenvalue weighted by atomic mass is 19.1. The van der Waals surface area contributed by atoms with Crippen molar-refractivity contribution in [2.24, 2.45) is 0 Å². The first kappa shape index (κ1) is 12.2. The Morgan fingerprint density at radius 2 is 2.06 bits per heavy atom. The first-order chi connectivity index (χ1) is 7.76. The second kappa shape index (κ2) is 6.62. The van der Waals surface area contributed by atoms with E-state index in [1.165, 1.54) is 12.1 Å². The van der Waals surface area contributed by atoms with Crippen LogP contribution in [0.2, 0.25) is 0 Å². The molecule has 0 fully saturated rings. The van der Waals surface area contributed by atoms with Gasteiger partial charge in [-0.3, -0.25) is 0 Å². The van der Waals surface area contributed by atoms with E-state index in [9.17, 15) is 4.39 Å². The molecule has 0 amide bonds. The van der Waals surface area contributed by atoms with Crippen LogP contribution in [0.4, 0.5) is 4.39 Å². The molecule has 0 spiro atoms. The molecule has 0 saturated heterocycles. The average Bonchev–Trinajstić information content (AvgIpc) is 2.32. The lowest BCUT2D eigenvalue weighted by Crippen LogP contribution is -1.99. The molecule has 1 aromatic carbocycles. The summed E-state index contributed by atoms with van der Waals surface area (Å²) in [5.74, 6) is 0.401. The van der Waals surface area contributed by atoms with Crippen LogP contribution in [0.15, 0.2) is 60.7 Å². The molecule has 0 heterocycles. The maximum absolute atomic E-state index is 12.6. The Labute approximate surface area is 95.6 Å². The van der Waals surface area contributed by atoms with Crippen LogP contribution < -0.4 is 4.74 Å². The molecule has 0 radical (unpaired) electrons. The highest BCUT2D eigenvalue weighted by Crippen LogP contribution is 2.12. The monoisotopic (exact) mass is 218 g/mol. The summed E-state index contributed by atoms with van der Waals surface area (Å²) in [5.41, 5.74) is 1.05. The molecule has 0 N–H and O–H groups in total. The third kappa shape index (κ3) is 4.13. The van der Waals surface area contributed by atoms with Gasteiger partial charge in [-0.15, -0.1) is 0 Å². The van der Waals surface area contributed by atoms with Crippen molar-refractivity contribution in [3.05, 3.63) is 66.5 Å². The number of allylic oxidation sites excluding steroid dienone is 3. The lowest BCUT2D eigenvalue weighted by Gasteiger charge is -2.06. The second-order valence-electron chi connectivity index (χ2n) is 3.20. The fourth-order valence-electron chi connectivity index (χ4n) is 1.12. The van der Waals surface area contributed by atoms with Gasteiger partial charge in [-0.05, 0) is 36.8 Å². The van der Waals surface area contributed by atoms with Crippen LogP contribution >= 0.6 is 0 Å². The highest BCUT2D eigenvalue weighted by Gasteiger charge is 1.95. The Hall–Kier alpha value is -1.83. The van der Waals surface area contributed by atoms with Gasteiger partial charge in [-0.2, -0.15) is 0 Å². The van der Waals surface area contributed by atoms with Crippen LogP contribution in [0, 0.1) is 5.82 Å². The van der Waals surface area contributed by atoms with Gasteiger partial charge in [0.2, 0.25) is 0 Å². The van der Waals surface area contributed by atoms with Gasteiger partial charge in [-0.25, -0.2) is 4.39 Å². The van der Waals surface area contributed by atoms with E-state index < -0.39 is 0 Å². The van der Waals surface area contributed by atoms with Gasteiger partial charge in [0.1, 0.15) is 18.2 Å². The zero-order valence-corrected chi connectivity index (χ0v) is 9.32. The Morgan fingerprint density at radius 3 is 2.62 bits per heavy atom. The first-order valence-electron chi connectivity index (χ1n) is 5.09. The summed E-state index contributed by atoms with van der Waals surface area (Å²) in [6, 6.07) is 5.98. The highest BCUT2D eigenvalue weighted by molar-refractivity contribution is 5.25. The number of rotatable bonds is 5. The molecule has 1 aromatic rings. The topological polar surface area (TPSA) is 9.23 Å². The average molecular weight is 218 g/mol. The van der Waals surface area contributed by atoms with E-state index in [0.717, 1.165) is 5.57 Å². The summed E-state index contributed by atoms with van der Waals surface area (Å²) in [6.45, 7) is 6.00. The summed E-state index contributed by atoms with van der Waals surface area (Å²) in [7, 11) is 0. The third-order valence-electron chi connectivity index (χ3n) is 2.04. The number of halogens is 1. The molecule has 0 atom stereocenters. The van der Waals surface area contributed by atoms with Crippen LogP contribution in [0.1, 0.15) is 6.92 Å². The first-order valence-corrected chi connectivity index (χ1v) is 5.09. The molecule has 0 unspecified atom stereocenters. The fraction of sp³-hybridized carbons (Fsp3) is 0.143. The lowest BCUT2D eigenvalue weighted by molar-refractivity contribution is 0.354. The van der Waals surface area contributed by atoms with Gasteiger partial charge in [0, 0.05) is 0 Å². The summed E-state index contributed by atoms with van der Waals surface area (Å²) < 4.78 is 18.1. The Morgan fingerprint density at radius 1 is 1.38 bits per heavy atom. The van der Waals surface area contributed by atoms with Gasteiger partial charge in [-0.1, -0.05) is 30.9 Å². The minimum atomic E-state index is -0.259. The fourth-order valence-corrected chi connectivity index (χ4v) is 1.12. The van der Waals surface area contributed by atoms with E-state index in [0.29, 0.717) is 12.4 Å². The number of hydrogen-bond acceptors (Lipinski definition) is 1. The Kier molecular flexibility index (Phi) is 5.06. The van der Waals surface area contributed by atoms with Crippen LogP contribution in [0.25, 0.3) is 0 Å². The van der Waals surface area contributed by atoms with Crippen LogP contribution in [-0.2, 0) is 0 Å². The molecule has 0 saturated carbocycles. The van der Waals surface area contributed by atoms with E-state index in [-0.39, 0.29) is 5.82 Å². The predicted molar refractivity (Wildman–Crippen MR) is 65.0 cm³/mol. The molecule has 0 aliphatic heterocycles. The largest absolute Gasteiger partial charge is 0.489 e. The standard InChI is InChI=1S/C14H15FO/c1-3-5-6-12(4-2)11-16-14-9-7-13(15)8-10-14/h3-10H,1,11H2,2H3/b6-5-,12-4+. The molecule has 0 bridgehead atoms. The summed E-state index contributed by atoms with van der Waals surface area (Å²) >= 11 is 0. The zero-order chi connectivity index (χ0) is 11.8. The number of hydrogen-bond donors (Lipinski definition) is 0. The van der Waals surface area contributed by atoms with Crippen molar-refractivity contribution in [1.82, 2.24) is 0 Å². The van der Waals surface area contributed by atoms with Crippen molar-refractivity contribution >= 4 is 0 Å². The minimum Gasteiger partial charge on any atom is -0.489 e. The molecule has 1 rings (SSSR count). The Balaban J connectivity index is 2.53. The van der Waals surface area contributed by atoms with Crippen molar-refractivity contribution in [2.45, 2.75) is 6.92 Å². The van der Waals surface area contributed by atoms with Crippen molar-refractivity contribution in [2.75, 3.05) is 6.61 Å². The molecule has 84 valence electrons.